The summed E-state index contributed by atoms with van der Waals surface area (Å²) in [6.07, 6.45) is 2.51. The summed E-state index contributed by atoms with van der Waals surface area (Å²) in [5.74, 6) is 0.456. The number of benzene rings is 2. The van der Waals surface area contributed by atoms with Crippen molar-refractivity contribution >= 4 is 16.9 Å². The molecule has 1 heterocycles. The monoisotopic (exact) mass is 410 g/mol. The van der Waals surface area contributed by atoms with Crippen LogP contribution in [0.4, 0.5) is 0 Å². The summed E-state index contributed by atoms with van der Waals surface area (Å²) in [5, 5.41) is 10.6. The maximum atomic E-state index is 11.9. The summed E-state index contributed by atoms with van der Waals surface area (Å²) in [4.78, 5) is 15.4. The first-order valence-corrected chi connectivity index (χ1v) is 10.5. The highest BCUT2D eigenvalue weighted by atomic mass is 16.5. The van der Waals surface area contributed by atoms with Crippen LogP contribution in [0.5, 0.6) is 11.5 Å². The van der Waals surface area contributed by atoms with E-state index >= 15 is 0 Å². The predicted octanol–water partition coefficient (Wildman–Crippen LogP) is 4.92. The number of aromatic nitrogens is 1. The number of H-pyrrole nitrogens is 1. The number of rotatable bonds is 10. The van der Waals surface area contributed by atoms with Crippen molar-refractivity contribution in [3.05, 3.63) is 47.0 Å². The standard InChI is InChI=1S/C24H30N2O4/c1-4-29-19-12-10-16(14-20(19)30-5-2)23-17(8-6-7-13-25)21-18(24(27)28)11-9-15(3)22(21)26-23/h9-12,14,26H,4-8,13,25H2,1-3H3,(H,27,28). The predicted molar refractivity (Wildman–Crippen MR) is 120 cm³/mol. The van der Waals surface area contributed by atoms with Gasteiger partial charge in [-0.15, -0.1) is 0 Å². The summed E-state index contributed by atoms with van der Waals surface area (Å²) < 4.78 is 11.5. The molecule has 30 heavy (non-hydrogen) atoms. The molecule has 6 nitrogen and oxygen atoms in total. The molecular formula is C24H30N2O4. The third-order valence-corrected chi connectivity index (χ3v) is 5.21. The number of ether oxygens (including phenoxy) is 2. The molecule has 160 valence electrons. The van der Waals surface area contributed by atoms with Crippen LogP contribution in [0.1, 0.15) is 48.2 Å². The van der Waals surface area contributed by atoms with Gasteiger partial charge in [-0.25, -0.2) is 4.79 Å². The quantitative estimate of drug-likeness (QED) is 0.412. The Labute approximate surface area is 177 Å². The number of nitrogens with one attached hydrogen (secondary N) is 1. The van der Waals surface area contributed by atoms with Gasteiger partial charge in [0.1, 0.15) is 0 Å². The molecule has 3 rings (SSSR count). The summed E-state index contributed by atoms with van der Waals surface area (Å²) in [7, 11) is 0. The number of carboxylic acids is 1. The lowest BCUT2D eigenvalue weighted by Gasteiger charge is -2.13. The maximum Gasteiger partial charge on any atom is 0.336 e. The molecule has 0 radical (unpaired) electrons. The number of aromatic carboxylic acids is 1. The van der Waals surface area contributed by atoms with Crippen LogP contribution >= 0.6 is 0 Å². The molecule has 0 saturated heterocycles. The number of fused-ring (bicyclic) bond motifs is 1. The van der Waals surface area contributed by atoms with E-state index < -0.39 is 5.97 Å². The molecule has 2 aromatic carbocycles. The first-order chi connectivity index (χ1) is 14.5. The zero-order valence-corrected chi connectivity index (χ0v) is 17.9. The number of hydrogen-bond donors (Lipinski definition) is 3. The maximum absolute atomic E-state index is 11.9. The van der Waals surface area contributed by atoms with Crippen molar-refractivity contribution in [2.75, 3.05) is 19.8 Å². The van der Waals surface area contributed by atoms with Gasteiger partial charge in [-0.3, -0.25) is 0 Å². The van der Waals surface area contributed by atoms with Gasteiger partial charge in [0.25, 0.3) is 0 Å². The van der Waals surface area contributed by atoms with Gasteiger partial charge in [-0.1, -0.05) is 6.07 Å². The average Bonchev–Trinajstić information content (AvgIpc) is 3.10. The van der Waals surface area contributed by atoms with E-state index in [0.717, 1.165) is 52.5 Å². The molecular weight excluding hydrogens is 380 g/mol. The van der Waals surface area contributed by atoms with E-state index in [4.69, 9.17) is 15.2 Å². The van der Waals surface area contributed by atoms with Crippen LogP contribution in [0, 0.1) is 6.92 Å². The number of carboxylic acid groups (broad SMARTS) is 1. The molecule has 4 N–H and O–H groups in total. The van der Waals surface area contributed by atoms with Gasteiger partial charge in [0, 0.05) is 22.2 Å². The zero-order valence-electron chi connectivity index (χ0n) is 17.9. The van der Waals surface area contributed by atoms with E-state index in [9.17, 15) is 9.90 Å². The molecule has 0 amide bonds. The van der Waals surface area contributed by atoms with Crippen molar-refractivity contribution in [1.29, 1.82) is 0 Å². The second kappa shape index (κ2) is 9.67. The Bertz CT molecular complexity index is 1040. The Morgan fingerprint density at radius 3 is 2.47 bits per heavy atom. The number of aryl methyl sites for hydroxylation is 2. The van der Waals surface area contributed by atoms with Crippen molar-refractivity contribution < 1.29 is 19.4 Å². The Morgan fingerprint density at radius 2 is 1.80 bits per heavy atom. The van der Waals surface area contributed by atoms with Crippen LogP contribution in [0.15, 0.2) is 30.3 Å². The van der Waals surface area contributed by atoms with Gasteiger partial charge < -0.3 is 25.3 Å². The average molecular weight is 411 g/mol. The number of unbranched alkanes of at least 4 members (excludes halogenated alkanes) is 1. The van der Waals surface area contributed by atoms with Gasteiger partial charge in [0.15, 0.2) is 11.5 Å². The molecule has 0 fully saturated rings. The van der Waals surface area contributed by atoms with Crippen molar-refractivity contribution in [3.63, 3.8) is 0 Å². The van der Waals surface area contributed by atoms with Gasteiger partial charge >= 0.3 is 5.97 Å². The van der Waals surface area contributed by atoms with Gasteiger partial charge in [-0.2, -0.15) is 0 Å². The lowest BCUT2D eigenvalue weighted by atomic mass is 9.96. The van der Waals surface area contributed by atoms with Gasteiger partial charge in [-0.05, 0) is 82.0 Å². The fourth-order valence-electron chi connectivity index (χ4n) is 3.83. The third kappa shape index (κ3) is 4.28. The second-order valence-electron chi connectivity index (χ2n) is 7.24. The Balaban J connectivity index is 2.23. The lowest BCUT2D eigenvalue weighted by Crippen LogP contribution is -2.02. The highest BCUT2D eigenvalue weighted by Crippen LogP contribution is 2.38. The first-order valence-electron chi connectivity index (χ1n) is 10.5. The molecule has 6 heteroatoms. The number of aromatic amines is 1. The number of nitrogens with two attached hydrogens (primary N) is 1. The van der Waals surface area contributed by atoms with Crippen LogP contribution < -0.4 is 15.2 Å². The zero-order chi connectivity index (χ0) is 21.7. The Morgan fingerprint density at radius 1 is 1.07 bits per heavy atom. The molecule has 0 saturated carbocycles. The number of hydrogen-bond acceptors (Lipinski definition) is 4. The van der Waals surface area contributed by atoms with Crippen molar-refractivity contribution in [1.82, 2.24) is 4.98 Å². The largest absolute Gasteiger partial charge is 0.490 e. The van der Waals surface area contributed by atoms with Crippen LogP contribution in [0.25, 0.3) is 22.2 Å². The fraction of sp³-hybridized carbons (Fsp3) is 0.375. The third-order valence-electron chi connectivity index (χ3n) is 5.21. The minimum atomic E-state index is -0.924. The molecule has 0 spiro atoms. The fourth-order valence-corrected chi connectivity index (χ4v) is 3.83. The van der Waals surface area contributed by atoms with Crippen LogP contribution in [-0.4, -0.2) is 35.8 Å². The van der Waals surface area contributed by atoms with E-state index in [-0.39, 0.29) is 0 Å². The minimum Gasteiger partial charge on any atom is -0.490 e. The van der Waals surface area contributed by atoms with E-state index in [1.54, 1.807) is 6.07 Å². The van der Waals surface area contributed by atoms with Crippen molar-refractivity contribution in [2.45, 2.75) is 40.0 Å². The van der Waals surface area contributed by atoms with Crippen LogP contribution in [0.3, 0.4) is 0 Å². The molecule has 0 aliphatic rings. The highest BCUT2D eigenvalue weighted by Gasteiger charge is 2.21. The minimum absolute atomic E-state index is 0.316. The van der Waals surface area contributed by atoms with E-state index in [0.29, 0.717) is 36.8 Å². The smallest absolute Gasteiger partial charge is 0.336 e. The SMILES string of the molecule is CCOc1ccc(-c2[nH]c3c(C)ccc(C(=O)O)c3c2CCCCN)cc1OCC. The molecule has 1 aromatic heterocycles. The summed E-state index contributed by atoms with van der Waals surface area (Å²) in [6.45, 7) is 7.56. The molecule has 0 aliphatic heterocycles. The van der Waals surface area contributed by atoms with Crippen LogP contribution in [0.2, 0.25) is 0 Å². The van der Waals surface area contributed by atoms with Crippen LogP contribution in [-0.2, 0) is 6.42 Å². The Kier molecular flexibility index (Phi) is 7.00. The highest BCUT2D eigenvalue weighted by molar-refractivity contribution is 6.07. The number of carbonyl (C=O) groups is 1. The first kappa shape index (κ1) is 21.7. The van der Waals surface area contributed by atoms with E-state index in [1.165, 1.54) is 0 Å². The molecule has 0 aliphatic carbocycles. The van der Waals surface area contributed by atoms with Crippen molar-refractivity contribution in [2.24, 2.45) is 5.73 Å². The Hall–Kier alpha value is -2.99. The van der Waals surface area contributed by atoms with Gasteiger partial charge in [0.05, 0.1) is 18.8 Å². The summed E-state index contributed by atoms with van der Waals surface area (Å²) >= 11 is 0. The lowest BCUT2D eigenvalue weighted by molar-refractivity contribution is 0.0699. The molecule has 0 atom stereocenters. The molecule has 3 aromatic rings. The molecule has 0 unspecified atom stereocenters. The summed E-state index contributed by atoms with van der Waals surface area (Å²) in [6, 6.07) is 9.39. The second-order valence-corrected chi connectivity index (χ2v) is 7.24. The normalized spacial score (nSPS) is 11.1. The van der Waals surface area contributed by atoms with E-state index in [2.05, 4.69) is 4.98 Å². The van der Waals surface area contributed by atoms with E-state index in [1.807, 2.05) is 45.0 Å². The van der Waals surface area contributed by atoms with Gasteiger partial charge in [0.2, 0.25) is 0 Å². The summed E-state index contributed by atoms with van der Waals surface area (Å²) in [5.41, 5.74) is 10.8. The molecule has 0 bridgehead atoms. The topological polar surface area (TPSA) is 97.6 Å². The van der Waals surface area contributed by atoms with Crippen molar-refractivity contribution in [3.8, 4) is 22.8 Å².